The molecule has 0 aromatic heterocycles. The van der Waals surface area contributed by atoms with Crippen LogP contribution in [0.4, 0.5) is 0 Å². The van der Waals surface area contributed by atoms with Gasteiger partial charge in [0, 0.05) is 16.6 Å². The Bertz CT molecular complexity index is 371. The monoisotopic (exact) mass is 301 g/mol. The van der Waals surface area contributed by atoms with Gasteiger partial charge in [-0.15, -0.1) is 12.4 Å². The van der Waals surface area contributed by atoms with Gasteiger partial charge in [-0.05, 0) is 17.5 Å². The van der Waals surface area contributed by atoms with Gasteiger partial charge >= 0.3 is 0 Å². The molecule has 0 radical (unpaired) electrons. The molecule has 0 spiro atoms. The lowest BCUT2D eigenvalue weighted by molar-refractivity contribution is 0.327. The molecule has 1 aromatic carbocycles. The number of rotatable bonds is 1. The van der Waals surface area contributed by atoms with Crippen molar-refractivity contribution in [1.29, 1.82) is 0 Å². The lowest BCUT2D eigenvalue weighted by atomic mass is 9.83. The van der Waals surface area contributed by atoms with Crippen LogP contribution < -0.4 is 5.73 Å². The first kappa shape index (κ1) is 16.3. The Hall–Kier alpha value is 0.340. The Balaban J connectivity index is 0.00000225. The van der Waals surface area contributed by atoms with Gasteiger partial charge in [-0.3, -0.25) is 0 Å². The Kier molecular flexibility index (Phi) is 5.91. The zero-order valence-corrected chi connectivity index (χ0v) is 12.4. The first-order chi connectivity index (χ1) is 6.75. The highest BCUT2D eigenvalue weighted by molar-refractivity contribution is 6.44. The fraction of sp³-hybridized carbons (Fsp3) is 0.455. The third kappa shape index (κ3) is 3.41. The van der Waals surface area contributed by atoms with Crippen LogP contribution in [0.5, 0.6) is 0 Å². The maximum Gasteiger partial charge on any atom is 0.0655 e. The van der Waals surface area contributed by atoms with Crippen LogP contribution in [0.1, 0.15) is 32.4 Å². The van der Waals surface area contributed by atoms with Gasteiger partial charge in [-0.25, -0.2) is 0 Å². The van der Waals surface area contributed by atoms with E-state index < -0.39 is 0 Å². The average Bonchev–Trinajstić information content (AvgIpc) is 2.10. The highest BCUT2D eigenvalue weighted by atomic mass is 35.5. The van der Waals surface area contributed by atoms with E-state index in [1.54, 1.807) is 12.1 Å². The largest absolute Gasteiger partial charge is 0.323 e. The molecular formula is C11H15Cl4N. The van der Waals surface area contributed by atoms with Crippen molar-refractivity contribution in [3.05, 3.63) is 32.8 Å². The number of hydrogen-bond donors (Lipinski definition) is 1. The molecular weight excluding hydrogens is 288 g/mol. The summed E-state index contributed by atoms with van der Waals surface area (Å²) in [5.41, 5.74) is 6.72. The normalized spacial score (nSPS) is 13.2. The Labute approximate surface area is 118 Å². The smallest absolute Gasteiger partial charge is 0.0655 e. The van der Waals surface area contributed by atoms with E-state index in [-0.39, 0.29) is 23.9 Å². The number of halogens is 4. The molecule has 0 unspecified atom stereocenters. The van der Waals surface area contributed by atoms with Gasteiger partial charge in [0.25, 0.3) is 0 Å². The third-order valence-corrected chi connectivity index (χ3v) is 3.47. The molecule has 0 amide bonds. The molecule has 16 heavy (non-hydrogen) atoms. The average molecular weight is 303 g/mol. The Morgan fingerprint density at radius 3 is 1.94 bits per heavy atom. The lowest BCUT2D eigenvalue weighted by Crippen LogP contribution is -2.26. The van der Waals surface area contributed by atoms with Gasteiger partial charge in [0.15, 0.2) is 0 Å². The molecule has 0 aliphatic rings. The highest BCUT2D eigenvalue weighted by Crippen LogP contribution is 2.41. The lowest BCUT2D eigenvalue weighted by Gasteiger charge is -2.29. The van der Waals surface area contributed by atoms with E-state index in [9.17, 15) is 0 Å². The first-order valence-electron chi connectivity index (χ1n) is 4.64. The van der Waals surface area contributed by atoms with Gasteiger partial charge in [0.1, 0.15) is 0 Å². The quantitative estimate of drug-likeness (QED) is 0.716. The van der Waals surface area contributed by atoms with Crippen LogP contribution >= 0.6 is 47.2 Å². The van der Waals surface area contributed by atoms with Gasteiger partial charge < -0.3 is 5.73 Å². The summed E-state index contributed by atoms with van der Waals surface area (Å²) in [6, 6.07) is 3.15. The summed E-state index contributed by atoms with van der Waals surface area (Å²) in [4.78, 5) is 0. The summed E-state index contributed by atoms with van der Waals surface area (Å²) < 4.78 is 0. The van der Waals surface area contributed by atoms with E-state index in [0.29, 0.717) is 15.1 Å². The first-order valence-corrected chi connectivity index (χ1v) is 5.77. The minimum absolute atomic E-state index is 0. The molecule has 1 aromatic rings. The van der Waals surface area contributed by atoms with E-state index in [4.69, 9.17) is 40.5 Å². The molecule has 92 valence electrons. The van der Waals surface area contributed by atoms with Crippen LogP contribution in [0.2, 0.25) is 15.1 Å². The van der Waals surface area contributed by atoms with E-state index in [1.807, 2.05) is 20.8 Å². The molecule has 1 rings (SSSR count). The summed E-state index contributed by atoms with van der Waals surface area (Å²) in [5, 5.41) is 1.49. The van der Waals surface area contributed by atoms with Crippen molar-refractivity contribution in [2.75, 3.05) is 0 Å². The molecule has 1 atom stereocenters. The van der Waals surface area contributed by atoms with Crippen molar-refractivity contribution in [2.45, 2.75) is 26.8 Å². The molecule has 0 aliphatic heterocycles. The van der Waals surface area contributed by atoms with Crippen LogP contribution in [0.3, 0.4) is 0 Å². The SMILES string of the molecule is CC(C)(C)[C@H](N)c1c(Cl)ccc(Cl)c1Cl.Cl. The predicted molar refractivity (Wildman–Crippen MR) is 75.1 cm³/mol. The van der Waals surface area contributed by atoms with E-state index in [0.717, 1.165) is 5.56 Å². The van der Waals surface area contributed by atoms with Gasteiger partial charge in [-0.2, -0.15) is 0 Å². The molecule has 0 fully saturated rings. The second-order valence-corrected chi connectivity index (χ2v) is 5.79. The van der Waals surface area contributed by atoms with Crippen molar-refractivity contribution >= 4 is 47.2 Å². The van der Waals surface area contributed by atoms with E-state index in [1.165, 1.54) is 0 Å². The number of hydrogen-bond acceptors (Lipinski definition) is 1. The zero-order chi connectivity index (χ0) is 11.8. The summed E-state index contributed by atoms with van der Waals surface area (Å²) in [5.74, 6) is 0. The topological polar surface area (TPSA) is 26.0 Å². The van der Waals surface area contributed by atoms with Crippen molar-refractivity contribution in [1.82, 2.24) is 0 Å². The molecule has 0 saturated carbocycles. The molecule has 5 heteroatoms. The van der Waals surface area contributed by atoms with Gasteiger partial charge in [-0.1, -0.05) is 55.6 Å². The molecule has 0 bridgehead atoms. The fourth-order valence-corrected chi connectivity index (χ4v) is 2.03. The van der Waals surface area contributed by atoms with Gasteiger partial charge in [0.05, 0.1) is 10.0 Å². The number of benzene rings is 1. The van der Waals surface area contributed by atoms with E-state index in [2.05, 4.69) is 0 Å². The summed E-state index contributed by atoms with van der Waals surface area (Å²) in [6.45, 7) is 6.10. The van der Waals surface area contributed by atoms with Crippen LogP contribution in [0.15, 0.2) is 12.1 Å². The molecule has 1 nitrogen and oxygen atoms in total. The zero-order valence-electron chi connectivity index (χ0n) is 9.35. The Morgan fingerprint density at radius 1 is 1.06 bits per heavy atom. The van der Waals surface area contributed by atoms with Crippen LogP contribution in [-0.2, 0) is 0 Å². The molecule has 0 aliphatic carbocycles. The highest BCUT2D eigenvalue weighted by Gasteiger charge is 2.27. The van der Waals surface area contributed by atoms with Crippen molar-refractivity contribution in [3.8, 4) is 0 Å². The predicted octanol–water partition coefficient (Wildman–Crippen LogP) is 5.11. The molecule has 2 N–H and O–H groups in total. The van der Waals surface area contributed by atoms with Crippen LogP contribution in [-0.4, -0.2) is 0 Å². The maximum absolute atomic E-state index is 6.12. The summed E-state index contributed by atoms with van der Waals surface area (Å²) in [7, 11) is 0. The fourth-order valence-electron chi connectivity index (χ4n) is 1.26. The van der Waals surface area contributed by atoms with Gasteiger partial charge in [0.2, 0.25) is 0 Å². The van der Waals surface area contributed by atoms with Crippen molar-refractivity contribution < 1.29 is 0 Å². The van der Waals surface area contributed by atoms with Crippen LogP contribution in [0.25, 0.3) is 0 Å². The number of nitrogens with two attached hydrogens (primary N) is 1. The molecule has 0 saturated heterocycles. The summed E-state index contributed by atoms with van der Waals surface area (Å²) >= 11 is 18.1. The third-order valence-electron chi connectivity index (χ3n) is 2.32. The van der Waals surface area contributed by atoms with Crippen molar-refractivity contribution in [2.24, 2.45) is 11.1 Å². The second-order valence-electron chi connectivity index (χ2n) is 4.60. The minimum Gasteiger partial charge on any atom is -0.323 e. The standard InChI is InChI=1S/C11H14Cl3N.ClH/c1-11(2,3)10(15)8-6(12)4-5-7(13)9(8)14;/h4-5,10H,15H2,1-3H3;1H/t10-;/m1./s1. The Morgan fingerprint density at radius 2 is 1.50 bits per heavy atom. The summed E-state index contributed by atoms with van der Waals surface area (Å²) in [6.07, 6.45) is 0. The maximum atomic E-state index is 6.12. The second kappa shape index (κ2) is 5.79. The van der Waals surface area contributed by atoms with Crippen LogP contribution in [0, 0.1) is 5.41 Å². The van der Waals surface area contributed by atoms with Crippen molar-refractivity contribution in [3.63, 3.8) is 0 Å². The molecule has 0 heterocycles. The minimum atomic E-state index is -0.240. The van der Waals surface area contributed by atoms with E-state index >= 15 is 0 Å².